The van der Waals surface area contributed by atoms with Gasteiger partial charge in [-0.05, 0) is 56.3 Å². The summed E-state index contributed by atoms with van der Waals surface area (Å²) in [5.41, 5.74) is 1.40. The number of hydrogen-bond acceptors (Lipinski definition) is 2. The quantitative estimate of drug-likeness (QED) is 0.594. The van der Waals surface area contributed by atoms with Crippen molar-refractivity contribution >= 4 is 0 Å². The zero-order chi connectivity index (χ0) is 15.5. The fraction of sp³-hybridized carbons (Fsp3) is 0.684. The summed E-state index contributed by atoms with van der Waals surface area (Å²) in [7, 11) is 0. The lowest BCUT2D eigenvalue weighted by Crippen LogP contribution is -2.29. The van der Waals surface area contributed by atoms with Gasteiger partial charge in [0.25, 0.3) is 0 Å². The first-order chi connectivity index (χ1) is 10.3. The van der Waals surface area contributed by atoms with Crippen LogP contribution in [0, 0.1) is 5.92 Å². The van der Waals surface area contributed by atoms with Gasteiger partial charge in [0, 0.05) is 6.04 Å². The molecule has 1 aromatic rings. The highest BCUT2D eigenvalue weighted by Crippen LogP contribution is 2.30. The third-order valence-electron chi connectivity index (χ3n) is 3.95. The average Bonchev–Trinajstić information content (AvgIpc) is 2.50. The normalized spacial score (nSPS) is 12.6. The van der Waals surface area contributed by atoms with Gasteiger partial charge < -0.3 is 10.1 Å². The van der Waals surface area contributed by atoms with E-state index >= 15 is 0 Å². The number of hydrogen-bond donors (Lipinski definition) is 1. The Kier molecular flexibility index (Phi) is 9.16. The number of nitrogens with one attached hydrogen (secondary N) is 1. The van der Waals surface area contributed by atoms with Crippen molar-refractivity contribution in [2.24, 2.45) is 5.92 Å². The van der Waals surface area contributed by atoms with E-state index in [0.717, 1.165) is 24.8 Å². The second-order valence-electron chi connectivity index (χ2n) is 5.77. The molecule has 0 aliphatic heterocycles. The highest BCUT2D eigenvalue weighted by Gasteiger charge is 2.21. The molecule has 0 bridgehead atoms. The molecule has 0 saturated carbocycles. The van der Waals surface area contributed by atoms with Gasteiger partial charge >= 0.3 is 0 Å². The summed E-state index contributed by atoms with van der Waals surface area (Å²) in [5, 5.41) is 3.77. The van der Waals surface area contributed by atoms with Gasteiger partial charge in [-0.25, -0.2) is 0 Å². The van der Waals surface area contributed by atoms with E-state index in [2.05, 4.69) is 50.4 Å². The largest absolute Gasteiger partial charge is 0.494 e. The van der Waals surface area contributed by atoms with E-state index in [1.807, 2.05) is 6.92 Å². The number of benzene rings is 1. The predicted octanol–water partition coefficient (Wildman–Crippen LogP) is 5.34. The molecule has 0 aromatic heterocycles. The summed E-state index contributed by atoms with van der Waals surface area (Å²) in [4.78, 5) is 0. The minimum absolute atomic E-state index is 0.473. The van der Waals surface area contributed by atoms with Crippen LogP contribution in [0.5, 0.6) is 5.75 Å². The van der Waals surface area contributed by atoms with E-state index in [1.54, 1.807) is 0 Å². The van der Waals surface area contributed by atoms with Crippen molar-refractivity contribution in [3.8, 4) is 5.75 Å². The smallest absolute Gasteiger partial charge is 0.119 e. The van der Waals surface area contributed by atoms with E-state index in [9.17, 15) is 0 Å². The van der Waals surface area contributed by atoms with Crippen molar-refractivity contribution in [2.75, 3.05) is 13.2 Å². The summed E-state index contributed by atoms with van der Waals surface area (Å²) >= 11 is 0. The molecule has 0 fully saturated rings. The summed E-state index contributed by atoms with van der Waals surface area (Å²) in [5.74, 6) is 1.70. The molecule has 2 heteroatoms. The topological polar surface area (TPSA) is 21.3 Å². The minimum Gasteiger partial charge on any atom is -0.494 e. The van der Waals surface area contributed by atoms with Crippen molar-refractivity contribution in [1.82, 2.24) is 5.32 Å². The number of ether oxygens (including phenoxy) is 1. The summed E-state index contributed by atoms with van der Waals surface area (Å²) in [6.45, 7) is 10.7. The van der Waals surface area contributed by atoms with Gasteiger partial charge in [-0.3, -0.25) is 0 Å². The number of rotatable bonds is 11. The van der Waals surface area contributed by atoms with Crippen molar-refractivity contribution in [3.63, 3.8) is 0 Å². The third kappa shape index (κ3) is 6.09. The molecule has 1 atom stereocenters. The maximum Gasteiger partial charge on any atom is 0.119 e. The van der Waals surface area contributed by atoms with Crippen LogP contribution in [-0.2, 0) is 0 Å². The fourth-order valence-electron chi connectivity index (χ4n) is 3.01. The Labute approximate surface area is 131 Å². The standard InChI is InChI=1S/C19H33NO/c1-5-9-16(10-6-2)19(20-15-7-3)17-11-13-18(14-12-17)21-8-4/h11-14,16,19-20H,5-10,15H2,1-4H3. The molecule has 0 aliphatic carbocycles. The van der Waals surface area contributed by atoms with E-state index < -0.39 is 0 Å². The van der Waals surface area contributed by atoms with E-state index in [4.69, 9.17) is 4.74 Å². The lowest BCUT2D eigenvalue weighted by Gasteiger charge is -2.28. The van der Waals surface area contributed by atoms with Crippen LogP contribution in [0.2, 0.25) is 0 Å². The SMILES string of the molecule is CCCNC(c1ccc(OCC)cc1)C(CCC)CCC. The second-order valence-corrected chi connectivity index (χ2v) is 5.77. The maximum absolute atomic E-state index is 5.56. The van der Waals surface area contributed by atoms with Gasteiger partial charge in [-0.1, -0.05) is 45.7 Å². The van der Waals surface area contributed by atoms with Crippen LogP contribution in [0.25, 0.3) is 0 Å². The zero-order valence-electron chi connectivity index (χ0n) is 14.3. The highest BCUT2D eigenvalue weighted by atomic mass is 16.5. The first-order valence-electron chi connectivity index (χ1n) is 8.72. The van der Waals surface area contributed by atoms with Crippen LogP contribution >= 0.6 is 0 Å². The molecule has 2 nitrogen and oxygen atoms in total. The Balaban J connectivity index is 2.87. The molecule has 0 spiro atoms. The maximum atomic E-state index is 5.56. The van der Waals surface area contributed by atoms with E-state index in [-0.39, 0.29) is 0 Å². The molecule has 0 aliphatic rings. The Morgan fingerprint density at radius 3 is 2.00 bits per heavy atom. The Bertz CT molecular complexity index is 354. The molecule has 21 heavy (non-hydrogen) atoms. The zero-order valence-corrected chi connectivity index (χ0v) is 14.3. The van der Waals surface area contributed by atoms with Crippen LogP contribution < -0.4 is 10.1 Å². The first kappa shape index (κ1) is 18.0. The molecular formula is C19H33NO. The molecule has 1 rings (SSSR count). The van der Waals surface area contributed by atoms with Gasteiger partial charge in [0.2, 0.25) is 0 Å². The van der Waals surface area contributed by atoms with Crippen molar-refractivity contribution in [1.29, 1.82) is 0 Å². The van der Waals surface area contributed by atoms with E-state index in [1.165, 1.54) is 37.7 Å². The molecule has 0 saturated heterocycles. The monoisotopic (exact) mass is 291 g/mol. The average molecular weight is 291 g/mol. The molecule has 1 N–H and O–H groups in total. The van der Waals surface area contributed by atoms with Crippen molar-refractivity contribution in [2.45, 2.75) is 65.8 Å². The van der Waals surface area contributed by atoms with Crippen LogP contribution in [0.4, 0.5) is 0 Å². The van der Waals surface area contributed by atoms with Gasteiger partial charge in [0.1, 0.15) is 5.75 Å². The second kappa shape index (κ2) is 10.7. The van der Waals surface area contributed by atoms with Crippen LogP contribution in [0.1, 0.15) is 71.4 Å². The Morgan fingerprint density at radius 2 is 1.52 bits per heavy atom. The van der Waals surface area contributed by atoms with Gasteiger partial charge in [0.15, 0.2) is 0 Å². The molecule has 0 amide bonds. The van der Waals surface area contributed by atoms with Crippen LogP contribution in [0.3, 0.4) is 0 Å². The Morgan fingerprint density at radius 1 is 0.905 bits per heavy atom. The molecule has 1 unspecified atom stereocenters. The summed E-state index contributed by atoms with van der Waals surface area (Å²) in [6, 6.07) is 9.15. The molecular weight excluding hydrogens is 258 g/mol. The minimum atomic E-state index is 0.473. The molecule has 1 aromatic carbocycles. The first-order valence-corrected chi connectivity index (χ1v) is 8.72. The molecule has 0 heterocycles. The lowest BCUT2D eigenvalue weighted by atomic mass is 9.86. The molecule has 0 radical (unpaired) electrons. The predicted molar refractivity (Wildman–Crippen MR) is 92.0 cm³/mol. The fourth-order valence-corrected chi connectivity index (χ4v) is 3.01. The van der Waals surface area contributed by atoms with Gasteiger partial charge in [0.05, 0.1) is 6.61 Å². The Hall–Kier alpha value is -1.02. The summed E-state index contributed by atoms with van der Waals surface area (Å²) in [6.07, 6.45) is 6.28. The van der Waals surface area contributed by atoms with Crippen LogP contribution in [0.15, 0.2) is 24.3 Å². The highest BCUT2D eigenvalue weighted by molar-refractivity contribution is 5.29. The lowest BCUT2D eigenvalue weighted by molar-refractivity contribution is 0.315. The van der Waals surface area contributed by atoms with Gasteiger partial charge in [-0.15, -0.1) is 0 Å². The molecule has 120 valence electrons. The van der Waals surface area contributed by atoms with Crippen LogP contribution in [-0.4, -0.2) is 13.2 Å². The van der Waals surface area contributed by atoms with Gasteiger partial charge in [-0.2, -0.15) is 0 Å². The van der Waals surface area contributed by atoms with E-state index in [0.29, 0.717) is 6.04 Å². The van der Waals surface area contributed by atoms with Crippen molar-refractivity contribution < 1.29 is 4.74 Å². The third-order valence-corrected chi connectivity index (χ3v) is 3.95. The summed E-state index contributed by atoms with van der Waals surface area (Å²) < 4.78 is 5.56. The van der Waals surface area contributed by atoms with Crippen molar-refractivity contribution in [3.05, 3.63) is 29.8 Å².